The van der Waals surface area contributed by atoms with Gasteiger partial charge in [0, 0.05) is 11.3 Å². The number of aromatic nitrogens is 3. The van der Waals surface area contributed by atoms with Gasteiger partial charge < -0.3 is 15.1 Å². The van der Waals surface area contributed by atoms with Crippen LogP contribution in [0, 0.1) is 6.92 Å². The van der Waals surface area contributed by atoms with Crippen LogP contribution in [0.1, 0.15) is 11.5 Å². The van der Waals surface area contributed by atoms with Crippen LogP contribution in [-0.2, 0) is 6.54 Å². The van der Waals surface area contributed by atoms with Crippen molar-refractivity contribution in [3.8, 4) is 11.3 Å². The van der Waals surface area contributed by atoms with Gasteiger partial charge in [-0.2, -0.15) is 0 Å². The molecule has 2 heterocycles. The van der Waals surface area contributed by atoms with Gasteiger partial charge in [-0.25, -0.2) is 9.78 Å². The van der Waals surface area contributed by atoms with Gasteiger partial charge in [-0.15, -0.1) is 0 Å². The number of hydrogen-bond acceptors (Lipinski definition) is 4. The van der Waals surface area contributed by atoms with E-state index in [4.69, 9.17) is 10.2 Å². The molecule has 0 bridgehead atoms. The molecule has 0 fully saturated rings. The quantitative estimate of drug-likeness (QED) is 0.632. The predicted octanol–water partition coefficient (Wildman–Crippen LogP) is 1.28. The van der Waals surface area contributed by atoms with Crippen molar-refractivity contribution in [1.82, 2.24) is 15.0 Å². The van der Waals surface area contributed by atoms with Gasteiger partial charge in [0.2, 0.25) is 0 Å². The summed E-state index contributed by atoms with van der Waals surface area (Å²) in [5.41, 5.74) is 9.39. The van der Waals surface area contributed by atoms with Crippen molar-refractivity contribution in [2.75, 3.05) is 0 Å². The number of nitrogens with zero attached hydrogens (tertiary/aromatic N) is 1. The first kappa shape index (κ1) is 10.8. The summed E-state index contributed by atoms with van der Waals surface area (Å²) in [6, 6.07) is 5.47. The highest BCUT2D eigenvalue weighted by Crippen LogP contribution is 2.24. The van der Waals surface area contributed by atoms with Crippen molar-refractivity contribution in [3.63, 3.8) is 0 Å². The Hall–Kier alpha value is -2.34. The lowest BCUT2D eigenvalue weighted by molar-refractivity contribution is 0.555. The standard InChI is InChI=1S/C12H12N4O2/c1-6-11(16-10(5-13)14-6)7-2-3-8-9(4-7)18-12(17)15-8/h2-4H,5,13H2,1H3,(H,14,16)(H,15,17). The molecular formula is C12H12N4O2. The molecule has 0 radical (unpaired) electrons. The monoisotopic (exact) mass is 244 g/mol. The number of nitrogens with two attached hydrogens (primary N) is 1. The summed E-state index contributed by atoms with van der Waals surface area (Å²) in [6.07, 6.45) is 0. The van der Waals surface area contributed by atoms with Gasteiger partial charge in [-0.1, -0.05) is 6.07 Å². The van der Waals surface area contributed by atoms with Gasteiger partial charge in [0.1, 0.15) is 5.82 Å². The maximum atomic E-state index is 11.1. The zero-order chi connectivity index (χ0) is 12.7. The van der Waals surface area contributed by atoms with E-state index in [9.17, 15) is 4.79 Å². The first-order valence-electron chi connectivity index (χ1n) is 5.56. The normalized spacial score (nSPS) is 11.2. The average molecular weight is 244 g/mol. The molecule has 6 nitrogen and oxygen atoms in total. The molecule has 2 aromatic heterocycles. The maximum Gasteiger partial charge on any atom is 0.417 e. The topological polar surface area (TPSA) is 101 Å². The molecule has 0 aliphatic carbocycles. The molecule has 6 heteroatoms. The highest BCUT2D eigenvalue weighted by atomic mass is 16.4. The van der Waals surface area contributed by atoms with Gasteiger partial charge in [0.05, 0.1) is 17.8 Å². The van der Waals surface area contributed by atoms with Crippen LogP contribution >= 0.6 is 0 Å². The Morgan fingerprint density at radius 3 is 2.94 bits per heavy atom. The SMILES string of the molecule is Cc1[nH]c(CN)nc1-c1ccc2[nH]c(=O)oc2c1. The number of oxazole rings is 1. The number of H-pyrrole nitrogens is 2. The minimum absolute atomic E-state index is 0.363. The molecule has 4 N–H and O–H groups in total. The van der Waals surface area contributed by atoms with E-state index >= 15 is 0 Å². The van der Waals surface area contributed by atoms with E-state index in [-0.39, 0.29) is 0 Å². The largest absolute Gasteiger partial charge is 0.417 e. The van der Waals surface area contributed by atoms with Crippen LogP contribution in [0.2, 0.25) is 0 Å². The maximum absolute atomic E-state index is 11.1. The van der Waals surface area contributed by atoms with E-state index < -0.39 is 5.76 Å². The lowest BCUT2D eigenvalue weighted by Crippen LogP contribution is -1.97. The molecule has 0 atom stereocenters. The summed E-state index contributed by atoms with van der Waals surface area (Å²) in [6.45, 7) is 2.29. The predicted molar refractivity (Wildman–Crippen MR) is 67.0 cm³/mol. The van der Waals surface area contributed by atoms with Crippen molar-refractivity contribution < 1.29 is 4.42 Å². The molecular weight excluding hydrogens is 232 g/mol. The highest BCUT2D eigenvalue weighted by molar-refractivity contribution is 5.79. The fourth-order valence-corrected chi connectivity index (χ4v) is 1.99. The summed E-state index contributed by atoms with van der Waals surface area (Å²) < 4.78 is 5.03. The lowest BCUT2D eigenvalue weighted by Gasteiger charge is -1.97. The van der Waals surface area contributed by atoms with Crippen LogP contribution in [0.15, 0.2) is 27.4 Å². The number of aromatic amines is 2. The first-order valence-corrected chi connectivity index (χ1v) is 5.56. The Kier molecular flexibility index (Phi) is 2.31. The van der Waals surface area contributed by atoms with E-state index in [0.717, 1.165) is 22.8 Å². The van der Waals surface area contributed by atoms with Gasteiger partial charge in [-0.3, -0.25) is 4.98 Å². The highest BCUT2D eigenvalue weighted by Gasteiger charge is 2.10. The van der Waals surface area contributed by atoms with Crippen molar-refractivity contribution >= 4 is 11.1 Å². The second-order valence-corrected chi connectivity index (χ2v) is 4.09. The van der Waals surface area contributed by atoms with Crippen LogP contribution in [0.3, 0.4) is 0 Å². The zero-order valence-corrected chi connectivity index (χ0v) is 9.78. The summed E-state index contributed by atoms with van der Waals surface area (Å²) in [4.78, 5) is 21.2. The molecule has 0 aliphatic heterocycles. The molecule has 0 unspecified atom stereocenters. The average Bonchev–Trinajstić information content (AvgIpc) is 2.89. The van der Waals surface area contributed by atoms with E-state index in [2.05, 4.69) is 15.0 Å². The molecule has 92 valence electrons. The fourth-order valence-electron chi connectivity index (χ4n) is 1.99. The second-order valence-electron chi connectivity index (χ2n) is 4.09. The van der Waals surface area contributed by atoms with Gasteiger partial charge in [0.25, 0.3) is 0 Å². The lowest BCUT2D eigenvalue weighted by atomic mass is 10.1. The molecule has 3 rings (SSSR count). The van der Waals surface area contributed by atoms with Crippen LogP contribution in [-0.4, -0.2) is 15.0 Å². The Morgan fingerprint density at radius 1 is 1.39 bits per heavy atom. The summed E-state index contributed by atoms with van der Waals surface area (Å²) in [5, 5.41) is 0. The molecule has 0 aliphatic rings. The van der Waals surface area contributed by atoms with Crippen LogP contribution in [0.5, 0.6) is 0 Å². The third-order valence-corrected chi connectivity index (χ3v) is 2.82. The van der Waals surface area contributed by atoms with Crippen LogP contribution < -0.4 is 11.5 Å². The second kappa shape index (κ2) is 3.85. The fraction of sp³-hybridized carbons (Fsp3) is 0.167. The van der Waals surface area contributed by atoms with Crippen molar-refractivity contribution in [2.45, 2.75) is 13.5 Å². The molecule has 0 amide bonds. The van der Waals surface area contributed by atoms with Gasteiger partial charge in [0.15, 0.2) is 5.58 Å². The molecule has 18 heavy (non-hydrogen) atoms. The zero-order valence-electron chi connectivity index (χ0n) is 9.78. The van der Waals surface area contributed by atoms with Crippen molar-refractivity contribution in [1.29, 1.82) is 0 Å². The minimum Gasteiger partial charge on any atom is -0.408 e. The van der Waals surface area contributed by atoms with Crippen LogP contribution in [0.25, 0.3) is 22.4 Å². The van der Waals surface area contributed by atoms with E-state index in [0.29, 0.717) is 17.6 Å². The van der Waals surface area contributed by atoms with Gasteiger partial charge in [-0.05, 0) is 19.1 Å². The minimum atomic E-state index is -0.455. The molecule has 0 saturated heterocycles. The van der Waals surface area contributed by atoms with E-state index in [1.165, 1.54) is 0 Å². The number of fused-ring (bicyclic) bond motifs is 1. The third-order valence-electron chi connectivity index (χ3n) is 2.82. The molecule has 0 spiro atoms. The Morgan fingerprint density at radius 2 is 2.22 bits per heavy atom. The summed E-state index contributed by atoms with van der Waals surface area (Å²) in [7, 11) is 0. The number of hydrogen-bond donors (Lipinski definition) is 3. The van der Waals surface area contributed by atoms with E-state index in [1.54, 1.807) is 12.1 Å². The van der Waals surface area contributed by atoms with Crippen molar-refractivity contribution in [3.05, 3.63) is 40.3 Å². The number of nitrogens with one attached hydrogen (secondary N) is 2. The smallest absolute Gasteiger partial charge is 0.408 e. The van der Waals surface area contributed by atoms with Crippen LogP contribution in [0.4, 0.5) is 0 Å². The van der Waals surface area contributed by atoms with Crippen molar-refractivity contribution in [2.24, 2.45) is 5.73 Å². The molecule has 3 aromatic rings. The van der Waals surface area contributed by atoms with E-state index in [1.807, 2.05) is 13.0 Å². The Bertz CT molecular complexity index is 766. The Balaban J connectivity index is 2.18. The third kappa shape index (κ3) is 1.63. The molecule has 0 saturated carbocycles. The number of benzene rings is 1. The number of rotatable bonds is 2. The molecule has 1 aromatic carbocycles. The first-order chi connectivity index (χ1) is 8.67. The number of imidazole rings is 1. The Labute approximate surface area is 102 Å². The number of aryl methyl sites for hydroxylation is 1. The summed E-state index contributed by atoms with van der Waals surface area (Å²) >= 11 is 0. The van der Waals surface area contributed by atoms with Gasteiger partial charge >= 0.3 is 5.76 Å². The summed E-state index contributed by atoms with van der Waals surface area (Å²) in [5.74, 6) is 0.279.